The zero-order valence-electron chi connectivity index (χ0n) is 17.4. The van der Waals surface area contributed by atoms with Gasteiger partial charge in [0.1, 0.15) is 5.82 Å². The van der Waals surface area contributed by atoms with Crippen molar-refractivity contribution in [3.05, 3.63) is 73.4 Å². The Morgan fingerprint density at radius 2 is 1.51 bits per heavy atom. The normalized spacial score (nSPS) is 12.4. The van der Waals surface area contributed by atoms with Crippen molar-refractivity contribution in [1.82, 2.24) is 9.88 Å². The molecule has 0 unspecified atom stereocenters. The van der Waals surface area contributed by atoms with E-state index in [-0.39, 0.29) is 37.3 Å². The minimum Gasteiger partial charge on any atom is -0.329 e. The predicted molar refractivity (Wildman–Crippen MR) is 123 cm³/mol. The van der Waals surface area contributed by atoms with E-state index in [9.17, 15) is 30.7 Å². The minimum absolute atomic E-state index is 0.0379. The standard InChI is InChI=1S/C21H15Cl3F7N3S/c22-12-7-14(23)17(15(24)8-12)32-19-33-18(21(29,30)31)16(35-19)10-34(6-5-20(26,27)28)9-11-1-3-13(25)4-2-11/h1-4,7-8H,5-6,9-10H2,(H,32,33). The first kappa shape index (κ1) is 27.8. The van der Waals surface area contributed by atoms with Gasteiger partial charge in [0.25, 0.3) is 0 Å². The van der Waals surface area contributed by atoms with Gasteiger partial charge in [0.15, 0.2) is 10.8 Å². The predicted octanol–water partition coefficient (Wildman–Crippen LogP) is 8.96. The molecule has 1 N–H and O–H groups in total. The van der Waals surface area contributed by atoms with Crippen LogP contribution in [0.5, 0.6) is 0 Å². The second-order valence-corrected chi connectivity index (χ2v) is 9.69. The van der Waals surface area contributed by atoms with Gasteiger partial charge in [-0.25, -0.2) is 9.37 Å². The molecule has 0 saturated heterocycles. The topological polar surface area (TPSA) is 28.2 Å². The number of hydrogen-bond donors (Lipinski definition) is 1. The van der Waals surface area contributed by atoms with Crippen molar-refractivity contribution in [2.45, 2.75) is 31.9 Å². The second kappa shape index (κ2) is 11.1. The van der Waals surface area contributed by atoms with Crippen LogP contribution in [0, 0.1) is 5.82 Å². The third-order valence-electron chi connectivity index (χ3n) is 4.60. The van der Waals surface area contributed by atoms with Crippen molar-refractivity contribution < 1.29 is 30.7 Å². The number of halogens is 10. The molecule has 0 aliphatic carbocycles. The van der Waals surface area contributed by atoms with Crippen molar-refractivity contribution in [3.63, 3.8) is 0 Å². The Kier molecular flexibility index (Phi) is 8.80. The van der Waals surface area contributed by atoms with Gasteiger partial charge in [-0.3, -0.25) is 4.90 Å². The van der Waals surface area contributed by atoms with Crippen molar-refractivity contribution in [2.24, 2.45) is 0 Å². The van der Waals surface area contributed by atoms with Gasteiger partial charge in [0, 0.05) is 24.7 Å². The van der Waals surface area contributed by atoms with Crippen LogP contribution in [0.1, 0.15) is 22.6 Å². The first-order valence-corrected chi connectivity index (χ1v) is 11.7. The summed E-state index contributed by atoms with van der Waals surface area (Å²) in [7, 11) is 0. The highest BCUT2D eigenvalue weighted by molar-refractivity contribution is 7.15. The fourth-order valence-corrected chi connectivity index (χ4v) is 4.99. The third kappa shape index (κ3) is 8.11. The fraction of sp³-hybridized carbons (Fsp3) is 0.286. The Balaban J connectivity index is 1.91. The molecule has 0 saturated carbocycles. The van der Waals surface area contributed by atoms with Crippen molar-refractivity contribution in [1.29, 1.82) is 0 Å². The van der Waals surface area contributed by atoms with Crippen LogP contribution in [-0.2, 0) is 19.3 Å². The maximum absolute atomic E-state index is 13.7. The van der Waals surface area contributed by atoms with Gasteiger partial charge in [-0.05, 0) is 29.8 Å². The molecule has 2 aromatic carbocycles. The summed E-state index contributed by atoms with van der Waals surface area (Å²) < 4.78 is 92.9. The van der Waals surface area contributed by atoms with Crippen LogP contribution < -0.4 is 5.32 Å². The van der Waals surface area contributed by atoms with Crippen molar-refractivity contribution in [3.8, 4) is 0 Å². The van der Waals surface area contributed by atoms with Gasteiger partial charge in [-0.1, -0.05) is 58.3 Å². The first-order valence-electron chi connectivity index (χ1n) is 9.73. The molecule has 190 valence electrons. The van der Waals surface area contributed by atoms with Crippen molar-refractivity contribution in [2.75, 3.05) is 11.9 Å². The summed E-state index contributed by atoms with van der Waals surface area (Å²) in [6, 6.07) is 7.60. The molecular weight excluding hydrogens is 566 g/mol. The van der Waals surface area contributed by atoms with Crippen LogP contribution in [0.15, 0.2) is 36.4 Å². The molecule has 35 heavy (non-hydrogen) atoms. The highest BCUT2D eigenvalue weighted by Crippen LogP contribution is 2.41. The number of hydrogen-bond acceptors (Lipinski definition) is 4. The molecule has 3 rings (SSSR count). The van der Waals surface area contributed by atoms with E-state index < -0.39 is 43.4 Å². The molecule has 14 heteroatoms. The van der Waals surface area contributed by atoms with Gasteiger partial charge < -0.3 is 5.32 Å². The number of aromatic nitrogens is 1. The highest BCUT2D eigenvalue weighted by Gasteiger charge is 2.38. The van der Waals surface area contributed by atoms with E-state index in [0.717, 1.165) is 12.1 Å². The Morgan fingerprint density at radius 3 is 2.06 bits per heavy atom. The van der Waals surface area contributed by atoms with Crippen LogP contribution in [-0.4, -0.2) is 22.6 Å². The maximum atomic E-state index is 13.7. The average molecular weight is 581 g/mol. The second-order valence-electron chi connectivity index (χ2n) is 7.36. The van der Waals surface area contributed by atoms with Gasteiger partial charge >= 0.3 is 12.4 Å². The lowest BCUT2D eigenvalue weighted by Gasteiger charge is -2.23. The summed E-state index contributed by atoms with van der Waals surface area (Å²) in [5.41, 5.74) is -0.737. The van der Waals surface area contributed by atoms with Crippen LogP contribution >= 0.6 is 46.1 Å². The van der Waals surface area contributed by atoms with E-state index in [2.05, 4.69) is 10.3 Å². The monoisotopic (exact) mass is 579 g/mol. The molecule has 1 aromatic heterocycles. The van der Waals surface area contributed by atoms with Gasteiger partial charge in [-0.15, -0.1) is 0 Å². The highest BCUT2D eigenvalue weighted by atomic mass is 35.5. The molecule has 0 aliphatic heterocycles. The fourth-order valence-electron chi connectivity index (χ4n) is 3.05. The molecule has 0 radical (unpaired) electrons. The Morgan fingerprint density at radius 1 is 0.914 bits per heavy atom. The average Bonchev–Trinajstić information content (AvgIpc) is 3.13. The molecule has 0 atom stereocenters. The zero-order valence-corrected chi connectivity index (χ0v) is 20.5. The number of alkyl halides is 6. The van der Waals surface area contributed by atoms with E-state index in [0.29, 0.717) is 16.9 Å². The minimum atomic E-state index is -4.87. The zero-order chi connectivity index (χ0) is 26.0. The Bertz CT molecular complexity index is 1140. The van der Waals surface area contributed by atoms with Gasteiger partial charge in [-0.2, -0.15) is 26.3 Å². The molecular formula is C21H15Cl3F7N3S. The number of rotatable bonds is 8. The maximum Gasteiger partial charge on any atom is 0.434 e. The Labute approximate surface area is 214 Å². The quantitative estimate of drug-likeness (QED) is 0.270. The third-order valence-corrected chi connectivity index (χ3v) is 6.37. The summed E-state index contributed by atoms with van der Waals surface area (Å²) in [5, 5.41) is 2.71. The number of nitrogens with zero attached hydrogens (tertiary/aromatic N) is 2. The van der Waals surface area contributed by atoms with E-state index in [1.165, 1.54) is 29.2 Å². The smallest absolute Gasteiger partial charge is 0.329 e. The molecule has 0 fully saturated rings. The molecule has 3 nitrogen and oxygen atoms in total. The number of nitrogens with one attached hydrogen (secondary N) is 1. The summed E-state index contributed by atoms with van der Waals surface area (Å²) in [4.78, 5) is 4.47. The summed E-state index contributed by atoms with van der Waals surface area (Å²) in [5.74, 6) is -0.548. The van der Waals surface area contributed by atoms with Crippen LogP contribution in [0.25, 0.3) is 0 Å². The van der Waals surface area contributed by atoms with E-state index in [1.807, 2.05) is 0 Å². The number of benzene rings is 2. The molecule has 0 bridgehead atoms. The molecule has 0 amide bonds. The lowest BCUT2D eigenvalue weighted by molar-refractivity contribution is -0.143. The summed E-state index contributed by atoms with van der Waals surface area (Å²) >= 11 is 18.6. The van der Waals surface area contributed by atoms with Crippen LogP contribution in [0.2, 0.25) is 15.1 Å². The van der Waals surface area contributed by atoms with Crippen LogP contribution in [0.4, 0.5) is 41.6 Å². The first-order chi connectivity index (χ1) is 16.2. The van der Waals surface area contributed by atoms with Gasteiger partial charge in [0.05, 0.1) is 27.0 Å². The largest absolute Gasteiger partial charge is 0.434 e. The lowest BCUT2D eigenvalue weighted by atomic mass is 10.2. The van der Waals surface area contributed by atoms with Crippen LogP contribution in [0.3, 0.4) is 0 Å². The molecule has 1 heterocycles. The number of anilines is 2. The SMILES string of the molecule is Fc1ccc(CN(CCC(F)(F)F)Cc2sc(Nc3c(Cl)cc(Cl)cc3Cl)nc2C(F)(F)F)cc1. The van der Waals surface area contributed by atoms with E-state index >= 15 is 0 Å². The molecule has 3 aromatic rings. The Hall–Kier alpha value is -1.79. The lowest BCUT2D eigenvalue weighted by Crippen LogP contribution is -2.28. The van der Waals surface area contributed by atoms with E-state index in [1.54, 1.807) is 0 Å². The number of thiazole rings is 1. The molecule has 0 aliphatic rings. The van der Waals surface area contributed by atoms with E-state index in [4.69, 9.17) is 34.8 Å². The molecule has 0 spiro atoms. The summed E-state index contributed by atoms with van der Waals surface area (Å²) in [6.45, 7) is -1.19. The van der Waals surface area contributed by atoms with Crippen molar-refractivity contribution >= 4 is 57.0 Å². The van der Waals surface area contributed by atoms with Gasteiger partial charge in [0.2, 0.25) is 0 Å². The summed E-state index contributed by atoms with van der Waals surface area (Å²) in [6.07, 6.45) is -10.6.